The number of nitrogens with two attached hydrogens (primary N) is 1. The lowest BCUT2D eigenvalue weighted by Crippen LogP contribution is -2.58. The number of carbonyl (C=O) groups is 4. The van der Waals surface area contributed by atoms with Crippen LogP contribution in [-0.4, -0.2) is 78.0 Å². The number of benzene rings is 2. The molecule has 230 valence electrons. The number of hydrogen-bond acceptors (Lipinski definition) is 8. The van der Waals surface area contributed by atoms with Crippen molar-refractivity contribution < 1.29 is 29.4 Å². The van der Waals surface area contributed by atoms with Gasteiger partial charge in [0, 0.05) is 49.5 Å². The maximum atomic E-state index is 13.7. The van der Waals surface area contributed by atoms with Crippen molar-refractivity contribution in [2.45, 2.75) is 49.9 Å². The van der Waals surface area contributed by atoms with E-state index in [0.717, 1.165) is 5.56 Å². The first-order chi connectivity index (χ1) is 21.2. The van der Waals surface area contributed by atoms with Gasteiger partial charge in [-0.3, -0.25) is 14.4 Å². The van der Waals surface area contributed by atoms with Gasteiger partial charge in [-0.05, 0) is 23.3 Å². The van der Waals surface area contributed by atoms with E-state index in [1.807, 2.05) is 6.07 Å². The first-order valence-corrected chi connectivity index (χ1v) is 13.8. The molecule has 0 saturated carbocycles. The number of nitrogens with zero attached hydrogens (tertiary/aromatic N) is 2. The summed E-state index contributed by atoms with van der Waals surface area (Å²) in [5.74, 6) is -3.26. The number of phenols is 1. The molecule has 9 N–H and O–H groups in total. The molecule has 4 unspecified atom stereocenters. The van der Waals surface area contributed by atoms with Gasteiger partial charge >= 0.3 is 5.97 Å². The van der Waals surface area contributed by atoms with Crippen LogP contribution in [0, 0.1) is 0 Å². The standard InChI is InChI=1S/C30H34N8O6/c31-23(12-20-14-32-16-34-20)27(40)36-24(10-18-4-2-1-3-5-18)28(41)37-25(11-19-6-8-22(39)9-7-19)29(42)38-26(30(43)44)13-21-15-33-17-35-21/h1-9,14-17,23-26,39H,10-13,31H2,(H,32,34)(H,33,35)(H,36,40)(H,37,41)(H,38,42)(H,43,44). The molecule has 0 spiro atoms. The third kappa shape index (κ3) is 9.25. The molecule has 0 aliphatic rings. The van der Waals surface area contributed by atoms with E-state index in [-0.39, 0.29) is 31.4 Å². The Morgan fingerprint density at radius 1 is 0.682 bits per heavy atom. The van der Waals surface area contributed by atoms with E-state index < -0.39 is 47.9 Å². The van der Waals surface area contributed by atoms with Gasteiger partial charge in [-0.1, -0.05) is 42.5 Å². The minimum Gasteiger partial charge on any atom is -0.508 e. The van der Waals surface area contributed by atoms with Gasteiger partial charge in [0.1, 0.15) is 23.9 Å². The van der Waals surface area contributed by atoms with Gasteiger partial charge in [0.15, 0.2) is 0 Å². The van der Waals surface area contributed by atoms with Crippen LogP contribution in [0.3, 0.4) is 0 Å². The largest absolute Gasteiger partial charge is 0.508 e. The van der Waals surface area contributed by atoms with Gasteiger partial charge in [0.25, 0.3) is 0 Å². The third-order valence-corrected chi connectivity index (χ3v) is 6.85. The van der Waals surface area contributed by atoms with E-state index in [0.29, 0.717) is 17.0 Å². The summed E-state index contributed by atoms with van der Waals surface area (Å²) in [6.45, 7) is 0. The van der Waals surface area contributed by atoms with Crippen molar-refractivity contribution >= 4 is 23.7 Å². The monoisotopic (exact) mass is 602 g/mol. The molecule has 44 heavy (non-hydrogen) atoms. The van der Waals surface area contributed by atoms with Gasteiger partial charge in [-0.2, -0.15) is 0 Å². The van der Waals surface area contributed by atoms with Crippen molar-refractivity contribution in [3.8, 4) is 5.75 Å². The highest BCUT2D eigenvalue weighted by Crippen LogP contribution is 2.13. The molecule has 2 aromatic carbocycles. The summed E-state index contributed by atoms with van der Waals surface area (Å²) in [6, 6.07) is 10.4. The van der Waals surface area contributed by atoms with Crippen LogP contribution in [0.4, 0.5) is 0 Å². The summed E-state index contributed by atoms with van der Waals surface area (Å²) >= 11 is 0. The van der Waals surface area contributed by atoms with E-state index in [1.54, 1.807) is 42.6 Å². The number of nitrogens with one attached hydrogen (secondary N) is 5. The van der Waals surface area contributed by atoms with Crippen LogP contribution >= 0.6 is 0 Å². The molecule has 0 bridgehead atoms. The number of rotatable bonds is 15. The Kier molecular flexibility index (Phi) is 10.8. The quantitative estimate of drug-likeness (QED) is 0.0912. The zero-order valence-electron chi connectivity index (χ0n) is 23.6. The number of aromatic amines is 2. The molecule has 0 fully saturated rings. The maximum absolute atomic E-state index is 13.7. The molecule has 0 radical (unpaired) electrons. The van der Waals surface area contributed by atoms with Gasteiger partial charge in [0.2, 0.25) is 17.7 Å². The first-order valence-electron chi connectivity index (χ1n) is 13.8. The molecule has 0 aliphatic carbocycles. The molecule has 4 aromatic rings. The van der Waals surface area contributed by atoms with Gasteiger partial charge < -0.3 is 41.9 Å². The number of H-pyrrole nitrogens is 2. The number of imidazole rings is 2. The summed E-state index contributed by atoms with van der Waals surface area (Å²) in [6.07, 6.45) is 6.02. The molecule has 4 rings (SSSR count). The lowest BCUT2D eigenvalue weighted by Gasteiger charge is -2.25. The predicted octanol–water partition coefficient (Wildman–Crippen LogP) is -0.0247. The summed E-state index contributed by atoms with van der Waals surface area (Å²) in [5.41, 5.74) is 8.59. The Morgan fingerprint density at radius 2 is 1.18 bits per heavy atom. The first kappa shape index (κ1) is 31.4. The minimum absolute atomic E-state index is 0.0152. The smallest absolute Gasteiger partial charge is 0.326 e. The molecular formula is C30H34N8O6. The molecular weight excluding hydrogens is 568 g/mol. The number of aliphatic carboxylic acids is 1. The fourth-order valence-electron chi connectivity index (χ4n) is 4.50. The Labute approximate surface area is 252 Å². The van der Waals surface area contributed by atoms with Crippen LogP contribution in [0.15, 0.2) is 79.6 Å². The van der Waals surface area contributed by atoms with Crippen molar-refractivity contribution in [1.82, 2.24) is 35.9 Å². The minimum atomic E-state index is -1.32. The molecule has 2 heterocycles. The number of aromatic nitrogens is 4. The molecule has 2 aromatic heterocycles. The highest BCUT2D eigenvalue weighted by Gasteiger charge is 2.31. The van der Waals surface area contributed by atoms with Crippen molar-refractivity contribution in [2.24, 2.45) is 5.73 Å². The maximum Gasteiger partial charge on any atom is 0.326 e. The summed E-state index contributed by atoms with van der Waals surface area (Å²) < 4.78 is 0. The van der Waals surface area contributed by atoms with Gasteiger partial charge in [-0.15, -0.1) is 0 Å². The number of phenolic OH excluding ortho intramolecular Hbond substituents is 1. The van der Waals surface area contributed by atoms with Crippen molar-refractivity contribution in [3.05, 3.63) is 102 Å². The topological polar surface area (TPSA) is 228 Å². The van der Waals surface area contributed by atoms with E-state index in [2.05, 4.69) is 35.9 Å². The fraction of sp³-hybridized carbons (Fsp3) is 0.267. The second-order valence-electron chi connectivity index (χ2n) is 10.3. The Morgan fingerprint density at radius 3 is 1.70 bits per heavy atom. The van der Waals surface area contributed by atoms with E-state index in [4.69, 9.17) is 5.73 Å². The van der Waals surface area contributed by atoms with E-state index in [9.17, 15) is 29.4 Å². The summed E-state index contributed by atoms with van der Waals surface area (Å²) in [5, 5.41) is 27.4. The highest BCUT2D eigenvalue weighted by molar-refractivity contribution is 5.94. The summed E-state index contributed by atoms with van der Waals surface area (Å²) in [4.78, 5) is 65.8. The van der Waals surface area contributed by atoms with Crippen molar-refractivity contribution in [3.63, 3.8) is 0 Å². The second-order valence-corrected chi connectivity index (χ2v) is 10.3. The number of carboxylic acids is 1. The number of carboxylic acid groups (broad SMARTS) is 1. The fourth-order valence-corrected chi connectivity index (χ4v) is 4.50. The predicted molar refractivity (Wildman–Crippen MR) is 158 cm³/mol. The summed E-state index contributed by atoms with van der Waals surface area (Å²) in [7, 11) is 0. The zero-order chi connectivity index (χ0) is 31.5. The van der Waals surface area contributed by atoms with Crippen LogP contribution in [-0.2, 0) is 44.9 Å². The van der Waals surface area contributed by atoms with Crippen LogP contribution in [0.5, 0.6) is 5.75 Å². The van der Waals surface area contributed by atoms with Crippen molar-refractivity contribution in [1.29, 1.82) is 0 Å². The van der Waals surface area contributed by atoms with Crippen LogP contribution in [0.2, 0.25) is 0 Å². The highest BCUT2D eigenvalue weighted by atomic mass is 16.4. The molecule has 14 heteroatoms. The number of amides is 3. The third-order valence-electron chi connectivity index (χ3n) is 6.85. The number of carbonyl (C=O) groups excluding carboxylic acids is 3. The Hall–Kier alpha value is -5.50. The van der Waals surface area contributed by atoms with Gasteiger partial charge in [0.05, 0.1) is 18.7 Å². The molecule has 14 nitrogen and oxygen atoms in total. The lowest BCUT2D eigenvalue weighted by atomic mass is 10.0. The normalized spacial score (nSPS) is 13.7. The van der Waals surface area contributed by atoms with Crippen LogP contribution in [0.25, 0.3) is 0 Å². The number of hydrogen-bond donors (Lipinski definition) is 8. The second kappa shape index (κ2) is 15.1. The molecule has 0 saturated heterocycles. The Bertz CT molecular complexity index is 1510. The number of aromatic hydroxyl groups is 1. The molecule has 4 atom stereocenters. The molecule has 0 aliphatic heterocycles. The van der Waals surface area contributed by atoms with Crippen molar-refractivity contribution in [2.75, 3.05) is 0 Å². The Balaban J connectivity index is 1.54. The molecule has 3 amide bonds. The average molecular weight is 603 g/mol. The van der Waals surface area contributed by atoms with Gasteiger partial charge in [-0.25, -0.2) is 14.8 Å². The van der Waals surface area contributed by atoms with Crippen LogP contribution < -0.4 is 21.7 Å². The zero-order valence-corrected chi connectivity index (χ0v) is 23.6. The van der Waals surface area contributed by atoms with Crippen LogP contribution in [0.1, 0.15) is 22.5 Å². The van der Waals surface area contributed by atoms with E-state index in [1.165, 1.54) is 31.0 Å². The average Bonchev–Trinajstić information content (AvgIpc) is 3.72. The SMILES string of the molecule is NC(Cc1cnc[nH]1)C(=O)NC(Cc1ccccc1)C(=O)NC(Cc1ccc(O)cc1)C(=O)NC(Cc1cnc[nH]1)C(=O)O. The van der Waals surface area contributed by atoms with E-state index >= 15 is 0 Å². The lowest BCUT2D eigenvalue weighted by molar-refractivity contribution is -0.142.